The van der Waals surface area contributed by atoms with Crippen molar-refractivity contribution < 1.29 is 11.3 Å². The molecule has 0 radical (unpaired) electrons. The first-order valence-corrected chi connectivity index (χ1v) is 5.79. The fourth-order valence-electron chi connectivity index (χ4n) is 1.97. The Morgan fingerprint density at radius 3 is 2.93 bits per heavy atom. The van der Waals surface area contributed by atoms with Crippen molar-refractivity contribution in [2.45, 2.75) is 58.0 Å². The molecule has 0 aliphatic heterocycles. The largest absolute Gasteiger partial charge is 0.390 e. The zero-order valence-corrected chi connectivity index (χ0v) is 9.75. The molecule has 86 valence electrons. The van der Waals surface area contributed by atoms with Crippen molar-refractivity contribution in [3.05, 3.63) is 11.6 Å². The normalized spacial score (nSPS) is 23.3. The van der Waals surface area contributed by atoms with E-state index in [4.69, 9.17) is 1.37 Å². The van der Waals surface area contributed by atoms with Crippen LogP contribution in [-0.2, 0) is 4.79 Å². The molecule has 2 heteroatoms. The zero-order chi connectivity index (χ0) is 12.2. The number of hydrogen-bond acceptors (Lipinski definition) is 2. The molecule has 0 aromatic heterocycles. The van der Waals surface area contributed by atoms with Gasteiger partial charge in [0.1, 0.15) is 7.63 Å². The maximum absolute atomic E-state index is 10.9. The zero-order valence-electron chi connectivity index (χ0n) is 10.8. The highest BCUT2D eigenvalue weighted by Crippen LogP contribution is 2.26. The molecule has 0 aromatic rings. The molecule has 15 heavy (non-hydrogen) atoms. The minimum Gasteiger partial charge on any atom is -0.390 e. The molecule has 0 fully saturated rings. The Balaban J connectivity index is 2.28. The Morgan fingerprint density at radius 2 is 2.47 bits per heavy atom. The van der Waals surface area contributed by atoms with Gasteiger partial charge in [0, 0.05) is 5.92 Å². The van der Waals surface area contributed by atoms with E-state index >= 15 is 0 Å². The molecule has 0 heterocycles. The van der Waals surface area contributed by atoms with Gasteiger partial charge >= 0.3 is 0 Å². The lowest BCUT2D eigenvalue weighted by Crippen LogP contribution is -2.18. The standard InChI is InChI=1S/C13H22O2/c1-13(2,15)9-3-4-11-5-7-12(10-14)8-6-11/h5,10,12,15H,3-4,6-9H2,1-2H3/i10D. The smallest absolute Gasteiger partial charge is 0.123 e. The molecule has 1 unspecified atom stereocenters. The van der Waals surface area contributed by atoms with E-state index in [1.54, 1.807) is 0 Å². The van der Waals surface area contributed by atoms with Crippen LogP contribution in [0, 0.1) is 5.92 Å². The lowest BCUT2D eigenvalue weighted by Gasteiger charge is -2.20. The van der Waals surface area contributed by atoms with Gasteiger partial charge in [0.15, 0.2) is 0 Å². The van der Waals surface area contributed by atoms with Gasteiger partial charge in [-0.2, -0.15) is 0 Å². The van der Waals surface area contributed by atoms with Gasteiger partial charge in [-0.3, -0.25) is 0 Å². The van der Waals surface area contributed by atoms with Crippen LogP contribution in [0.15, 0.2) is 11.6 Å². The van der Waals surface area contributed by atoms with E-state index in [0.717, 1.165) is 38.5 Å². The van der Waals surface area contributed by atoms with Gasteiger partial charge in [-0.1, -0.05) is 11.6 Å². The van der Waals surface area contributed by atoms with Crippen LogP contribution < -0.4 is 0 Å². The highest BCUT2D eigenvalue weighted by atomic mass is 16.3. The summed E-state index contributed by atoms with van der Waals surface area (Å²) in [6.45, 7) is 3.66. The van der Waals surface area contributed by atoms with Gasteiger partial charge in [-0.15, -0.1) is 0 Å². The predicted octanol–water partition coefficient (Wildman–Crippen LogP) is 2.85. The van der Waals surface area contributed by atoms with Crippen LogP contribution in [0.3, 0.4) is 0 Å². The highest BCUT2D eigenvalue weighted by molar-refractivity contribution is 5.54. The van der Waals surface area contributed by atoms with Gasteiger partial charge < -0.3 is 9.90 Å². The van der Waals surface area contributed by atoms with E-state index in [-0.39, 0.29) is 5.92 Å². The summed E-state index contributed by atoms with van der Waals surface area (Å²) < 4.78 is 7.06. The van der Waals surface area contributed by atoms with E-state index in [1.807, 2.05) is 13.8 Å². The molecular formula is C13H22O2. The number of aliphatic hydroxyl groups is 1. The summed E-state index contributed by atoms with van der Waals surface area (Å²) in [5.41, 5.74) is 0.816. The van der Waals surface area contributed by atoms with Crippen LogP contribution >= 0.6 is 0 Å². The summed E-state index contributed by atoms with van der Waals surface area (Å²) in [6, 6.07) is 0. The van der Waals surface area contributed by atoms with Crippen LogP contribution in [0.1, 0.15) is 53.7 Å². The summed E-state index contributed by atoms with van der Waals surface area (Å²) in [5.74, 6) is -0.0713. The van der Waals surface area contributed by atoms with E-state index < -0.39 is 11.9 Å². The molecule has 0 amide bonds. The van der Waals surface area contributed by atoms with Gasteiger partial charge in [-0.25, -0.2) is 0 Å². The Hall–Kier alpha value is -0.630. The molecule has 2 nitrogen and oxygen atoms in total. The van der Waals surface area contributed by atoms with Crippen LogP contribution in [0.2, 0.25) is 0 Å². The molecule has 0 saturated heterocycles. The molecule has 1 atom stereocenters. The monoisotopic (exact) mass is 211 g/mol. The van der Waals surface area contributed by atoms with Crippen molar-refractivity contribution in [1.82, 2.24) is 0 Å². The summed E-state index contributed by atoms with van der Waals surface area (Å²) >= 11 is 0. The maximum Gasteiger partial charge on any atom is 0.123 e. The number of aldehydes is 1. The molecule has 0 bridgehead atoms. The lowest BCUT2D eigenvalue weighted by molar-refractivity contribution is -0.111. The molecule has 0 saturated carbocycles. The van der Waals surface area contributed by atoms with Crippen molar-refractivity contribution >= 4 is 6.26 Å². The predicted molar refractivity (Wildman–Crippen MR) is 61.6 cm³/mol. The topological polar surface area (TPSA) is 37.3 Å². The number of rotatable bonds is 5. The van der Waals surface area contributed by atoms with E-state index in [9.17, 15) is 9.90 Å². The van der Waals surface area contributed by atoms with Crippen LogP contribution in [0.5, 0.6) is 0 Å². The number of hydrogen-bond donors (Lipinski definition) is 1. The first-order chi connectivity index (χ1) is 7.38. The van der Waals surface area contributed by atoms with Gasteiger partial charge in [0.05, 0.1) is 5.60 Å². The molecule has 1 N–H and O–H groups in total. The lowest BCUT2D eigenvalue weighted by atomic mass is 9.87. The quantitative estimate of drug-likeness (QED) is 0.561. The first kappa shape index (κ1) is 10.9. The van der Waals surface area contributed by atoms with Gasteiger partial charge in [-0.05, 0) is 52.4 Å². The summed E-state index contributed by atoms with van der Waals surface area (Å²) in [6.07, 6.45) is 7.03. The van der Waals surface area contributed by atoms with Crippen molar-refractivity contribution in [1.29, 1.82) is 0 Å². The minimum atomic E-state index is -0.574. The number of carbonyl (C=O) groups excluding carboxylic acids is 1. The Morgan fingerprint density at radius 1 is 1.73 bits per heavy atom. The second kappa shape index (κ2) is 5.45. The first-order valence-electron chi connectivity index (χ1n) is 6.29. The van der Waals surface area contributed by atoms with E-state index in [0.29, 0.717) is 0 Å². The number of allylic oxidation sites excluding steroid dienone is 2. The molecule has 1 rings (SSSR count). The highest BCUT2D eigenvalue weighted by Gasteiger charge is 2.15. The van der Waals surface area contributed by atoms with Crippen molar-refractivity contribution in [2.24, 2.45) is 5.92 Å². The third kappa shape index (κ3) is 5.12. The molecule has 1 aliphatic rings. The summed E-state index contributed by atoms with van der Waals surface area (Å²) in [4.78, 5) is 10.9. The third-order valence-corrected chi connectivity index (χ3v) is 2.96. The second-order valence-electron chi connectivity index (χ2n) is 5.12. The Bertz CT molecular complexity index is 276. The van der Waals surface area contributed by atoms with Crippen LogP contribution in [0.25, 0.3) is 0 Å². The summed E-state index contributed by atoms with van der Waals surface area (Å²) in [7, 11) is 0. The second-order valence-corrected chi connectivity index (χ2v) is 5.12. The van der Waals surface area contributed by atoms with E-state index in [1.165, 1.54) is 5.57 Å². The average Bonchev–Trinajstić information content (AvgIpc) is 2.16. The van der Waals surface area contributed by atoms with Crippen molar-refractivity contribution in [2.75, 3.05) is 0 Å². The maximum atomic E-state index is 10.9. The van der Waals surface area contributed by atoms with Gasteiger partial charge in [0.2, 0.25) is 0 Å². The molecule has 0 spiro atoms. The SMILES string of the molecule is [2H]C(=O)C1CC=C(CCCC(C)(C)O)CC1. The Labute approximate surface area is 93.8 Å². The summed E-state index contributed by atoms with van der Waals surface area (Å²) in [5, 5.41) is 9.57. The fourth-order valence-corrected chi connectivity index (χ4v) is 1.97. The Kier molecular flexibility index (Phi) is 3.95. The average molecular weight is 211 g/mol. The van der Waals surface area contributed by atoms with Crippen LogP contribution in [0.4, 0.5) is 0 Å². The molecule has 1 aliphatic carbocycles. The van der Waals surface area contributed by atoms with Gasteiger partial charge in [0.25, 0.3) is 0 Å². The minimum absolute atomic E-state index is 0.0713. The number of carbonyl (C=O) groups is 1. The third-order valence-electron chi connectivity index (χ3n) is 2.96. The van der Waals surface area contributed by atoms with E-state index in [2.05, 4.69) is 6.08 Å². The molecular weight excluding hydrogens is 188 g/mol. The van der Waals surface area contributed by atoms with Crippen molar-refractivity contribution in [3.63, 3.8) is 0 Å². The molecule has 0 aromatic carbocycles. The van der Waals surface area contributed by atoms with Crippen molar-refractivity contribution in [3.8, 4) is 0 Å². The fraction of sp³-hybridized carbons (Fsp3) is 0.769. The van der Waals surface area contributed by atoms with Crippen LogP contribution in [-0.4, -0.2) is 17.0 Å².